The molecule has 0 bridgehead atoms. The number of hydrogen-bond acceptors (Lipinski definition) is 5. The zero-order valence-corrected chi connectivity index (χ0v) is 13.9. The van der Waals surface area contributed by atoms with E-state index in [1.807, 2.05) is 6.07 Å². The monoisotopic (exact) mass is 338 g/mol. The summed E-state index contributed by atoms with van der Waals surface area (Å²) in [7, 11) is 0. The molecule has 0 spiro atoms. The molecule has 0 radical (unpaired) electrons. The standard InChI is InChI=1S/C18H18N4O3/c1-12-9-14(16(11-19)18(23)20-12)15-10-13(22(24)25)5-6-17(15)21-7-3-2-4-8-21/h5-6,9-10H,2-4,7-8H2,1H3,(H,20,23). The molecule has 1 N–H and O–H groups in total. The van der Waals surface area contributed by atoms with Gasteiger partial charge in [0.1, 0.15) is 11.6 Å². The van der Waals surface area contributed by atoms with E-state index in [1.165, 1.54) is 12.1 Å². The summed E-state index contributed by atoms with van der Waals surface area (Å²) in [6.45, 7) is 3.44. The lowest BCUT2D eigenvalue weighted by molar-refractivity contribution is -0.384. The van der Waals surface area contributed by atoms with Crippen LogP contribution in [0.5, 0.6) is 0 Å². The molecule has 25 heavy (non-hydrogen) atoms. The summed E-state index contributed by atoms with van der Waals surface area (Å²) in [6.07, 6.45) is 3.26. The normalized spacial score (nSPS) is 14.2. The third kappa shape index (κ3) is 3.24. The number of pyridine rings is 1. The average molecular weight is 338 g/mol. The second kappa shape index (κ2) is 6.77. The van der Waals surface area contributed by atoms with E-state index >= 15 is 0 Å². The molecule has 1 fully saturated rings. The second-order valence-electron chi connectivity index (χ2n) is 6.19. The summed E-state index contributed by atoms with van der Waals surface area (Å²) in [5.41, 5.74) is 1.87. The van der Waals surface area contributed by atoms with Crippen LogP contribution in [0, 0.1) is 28.4 Å². The fraction of sp³-hybridized carbons (Fsp3) is 0.333. The van der Waals surface area contributed by atoms with Crippen LogP contribution in [0.2, 0.25) is 0 Å². The van der Waals surface area contributed by atoms with Crippen LogP contribution in [0.15, 0.2) is 29.1 Å². The summed E-state index contributed by atoms with van der Waals surface area (Å²) in [4.78, 5) is 27.7. The highest BCUT2D eigenvalue weighted by Crippen LogP contribution is 2.36. The van der Waals surface area contributed by atoms with E-state index in [9.17, 15) is 20.2 Å². The van der Waals surface area contributed by atoms with Gasteiger partial charge < -0.3 is 9.88 Å². The first-order valence-corrected chi connectivity index (χ1v) is 8.19. The van der Waals surface area contributed by atoms with Crippen LogP contribution in [0.1, 0.15) is 30.5 Å². The van der Waals surface area contributed by atoms with Crippen molar-refractivity contribution in [1.29, 1.82) is 5.26 Å². The van der Waals surface area contributed by atoms with E-state index in [-0.39, 0.29) is 11.3 Å². The van der Waals surface area contributed by atoms with Crippen molar-refractivity contribution in [2.45, 2.75) is 26.2 Å². The zero-order chi connectivity index (χ0) is 18.0. The number of hydrogen-bond donors (Lipinski definition) is 1. The van der Waals surface area contributed by atoms with Crippen molar-refractivity contribution < 1.29 is 4.92 Å². The molecular formula is C18H18N4O3. The third-order valence-electron chi connectivity index (χ3n) is 4.46. The van der Waals surface area contributed by atoms with Crippen molar-refractivity contribution in [3.8, 4) is 17.2 Å². The SMILES string of the molecule is Cc1cc(-c2cc([N+](=O)[O-])ccc2N2CCCCC2)c(C#N)c(=O)[nH]1. The fourth-order valence-corrected chi connectivity index (χ4v) is 3.28. The molecule has 1 aromatic heterocycles. The van der Waals surface area contributed by atoms with E-state index in [2.05, 4.69) is 9.88 Å². The predicted molar refractivity (Wildman–Crippen MR) is 94.7 cm³/mol. The lowest BCUT2D eigenvalue weighted by Crippen LogP contribution is -2.30. The van der Waals surface area contributed by atoms with Crippen LogP contribution in [0.25, 0.3) is 11.1 Å². The predicted octanol–water partition coefficient (Wildman–Crippen LogP) is 3.12. The molecule has 0 aliphatic carbocycles. The van der Waals surface area contributed by atoms with Gasteiger partial charge in [-0.3, -0.25) is 14.9 Å². The van der Waals surface area contributed by atoms with Crippen molar-refractivity contribution in [2.75, 3.05) is 18.0 Å². The van der Waals surface area contributed by atoms with E-state index in [1.54, 1.807) is 19.1 Å². The van der Waals surface area contributed by atoms with Gasteiger partial charge in [0.05, 0.1) is 4.92 Å². The van der Waals surface area contributed by atoms with Crippen LogP contribution in [-0.4, -0.2) is 23.0 Å². The van der Waals surface area contributed by atoms with Crippen molar-refractivity contribution in [3.63, 3.8) is 0 Å². The fourth-order valence-electron chi connectivity index (χ4n) is 3.28. The number of nitrogens with one attached hydrogen (secondary N) is 1. The first-order chi connectivity index (χ1) is 12.0. The smallest absolute Gasteiger partial charge is 0.270 e. The number of piperidine rings is 1. The molecule has 0 amide bonds. The molecule has 1 aromatic carbocycles. The maximum absolute atomic E-state index is 12.1. The van der Waals surface area contributed by atoms with Gasteiger partial charge in [-0.25, -0.2) is 0 Å². The van der Waals surface area contributed by atoms with Crippen LogP contribution in [0.3, 0.4) is 0 Å². The van der Waals surface area contributed by atoms with E-state index in [4.69, 9.17) is 0 Å². The summed E-state index contributed by atoms with van der Waals surface area (Å²) < 4.78 is 0. The first kappa shape index (κ1) is 16.7. The number of aromatic amines is 1. The van der Waals surface area contributed by atoms with Crippen molar-refractivity contribution in [2.24, 2.45) is 0 Å². The number of aryl methyl sites for hydroxylation is 1. The first-order valence-electron chi connectivity index (χ1n) is 8.19. The molecule has 7 heteroatoms. The van der Waals surface area contributed by atoms with Gasteiger partial charge >= 0.3 is 0 Å². The van der Waals surface area contributed by atoms with Crippen molar-refractivity contribution in [1.82, 2.24) is 4.98 Å². The molecular weight excluding hydrogens is 320 g/mol. The Bertz CT molecular complexity index is 921. The summed E-state index contributed by atoms with van der Waals surface area (Å²) >= 11 is 0. The van der Waals surface area contributed by atoms with E-state index < -0.39 is 10.5 Å². The maximum Gasteiger partial charge on any atom is 0.270 e. The molecule has 3 rings (SSSR count). The molecule has 0 unspecified atom stereocenters. The molecule has 0 saturated carbocycles. The molecule has 128 valence electrons. The van der Waals surface area contributed by atoms with Crippen LogP contribution in [-0.2, 0) is 0 Å². The molecule has 2 heterocycles. The van der Waals surface area contributed by atoms with E-state index in [0.29, 0.717) is 16.8 Å². The van der Waals surface area contributed by atoms with Crippen molar-refractivity contribution in [3.05, 3.63) is 56.0 Å². The van der Waals surface area contributed by atoms with Gasteiger partial charge in [-0.1, -0.05) is 0 Å². The molecule has 1 aliphatic rings. The number of anilines is 1. The number of nitro groups is 1. The molecule has 1 saturated heterocycles. The topological polar surface area (TPSA) is 103 Å². The minimum absolute atomic E-state index is 0.0237. The number of rotatable bonds is 3. The van der Waals surface area contributed by atoms with E-state index in [0.717, 1.165) is 38.0 Å². The second-order valence-corrected chi connectivity index (χ2v) is 6.19. The molecule has 7 nitrogen and oxygen atoms in total. The highest BCUT2D eigenvalue weighted by Gasteiger charge is 2.21. The van der Waals surface area contributed by atoms with Crippen LogP contribution < -0.4 is 10.5 Å². The minimum Gasteiger partial charge on any atom is -0.371 e. The Morgan fingerprint density at radius 3 is 2.56 bits per heavy atom. The highest BCUT2D eigenvalue weighted by atomic mass is 16.6. The average Bonchev–Trinajstić information content (AvgIpc) is 2.61. The molecule has 2 aromatic rings. The number of nitriles is 1. The lowest BCUT2D eigenvalue weighted by Gasteiger charge is -2.30. The van der Waals surface area contributed by atoms with Crippen molar-refractivity contribution >= 4 is 11.4 Å². The number of nitrogens with zero attached hydrogens (tertiary/aromatic N) is 3. The Hall–Kier alpha value is -3.14. The Labute approximate surface area is 144 Å². The maximum atomic E-state index is 12.1. The number of H-pyrrole nitrogens is 1. The number of non-ortho nitro benzene ring substituents is 1. The summed E-state index contributed by atoms with van der Waals surface area (Å²) in [5.74, 6) is 0. The number of benzene rings is 1. The highest BCUT2D eigenvalue weighted by molar-refractivity contribution is 5.84. The Morgan fingerprint density at radius 1 is 1.20 bits per heavy atom. The van der Waals surface area contributed by atoms with Gasteiger partial charge in [0.25, 0.3) is 11.2 Å². The largest absolute Gasteiger partial charge is 0.371 e. The van der Waals surface area contributed by atoms with Gasteiger partial charge in [-0.15, -0.1) is 0 Å². The lowest BCUT2D eigenvalue weighted by atomic mass is 9.97. The molecule has 0 atom stereocenters. The van der Waals surface area contributed by atoms with Gasteiger partial charge in [0.15, 0.2) is 0 Å². The molecule has 1 aliphatic heterocycles. The minimum atomic E-state index is -0.478. The van der Waals surface area contributed by atoms with Gasteiger partial charge in [-0.05, 0) is 38.3 Å². The summed E-state index contributed by atoms with van der Waals surface area (Å²) in [5, 5.41) is 20.6. The van der Waals surface area contributed by atoms with Crippen LogP contribution in [0.4, 0.5) is 11.4 Å². The van der Waals surface area contributed by atoms with Gasteiger partial charge in [0.2, 0.25) is 0 Å². The van der Waals surface area contributed by atoms with Gasteiger partial charge in [-0.2, -0.15) is 5.26 Å². The van der Waals surface area contributed by atoms with Gasteiger partial charge in [0, 0.05) is 47.7 Å². The Balaban J connectivity index is 2.26. The Kier molecular flexibility index (Phi) is 4.52. The van der Waals surface area contributed by atoms with Crippen LogP contribution >= 0.6 is 0 Å². The number of aromatic nitrogens is 1. The quantitative estimate of drug-likeness (QED) is 0.684. The zero-order valence-electron chi connectivity index (χ0n) is 13.9. The Morgan fingerprint density at radius 2 is 1.92 bits per heavy atom. The number of nitro benzene ring substituents is 1. The third-order valence-corrected chi connectivity index (χ3v) is 4.46. The summed E-state index contributed by atoms with van der Waals surface area (Å²) in [6, 6.07) is 8.28.